The smallest absolute Gasteiger partial charge is 0.326 e. The lowest BCUT2D eigenvalue weighted by Gasteiger charge is -2.13. The highest BCUT2D eigenvalue weighted by Gasteiger charge is 2.20. The van der Waals surface area contributed by atoms with Gasteiger partial charge in [-0.05, 0) is 40.4 Å². The maximum Gasteiger partial charge on any atom is 0.326 e. The van der Waals surface area contributed by atoms with E-state index in [1.165, 1.54) is 18.0 Å². The van der Waals surface area contributed by atoms with E-state index in [4.69, 9.17) is 5.11 Å². The molecule has 0 aliphatic rings. The van der Waals surface area contributed by atoms with Crippen molar-refractivity contribution in [1.82, 2.24) is 10.3 Å². The van der Waals surface area contributed by atoms with E-state index in [-0.39, 0.29) is 0 Å². The summed E-state index contributed by atoms with van der Waals surface area (Å²) in [7, 11) is 0. The predicted molar refractivity (Wildman–Crippen MR) is 73.8 cm³/mol. The van der Waals surface area contributed by atoms with Crippen LogP contribution in [-0.2, 0) is 4.79 Å². The SMILES string of the molecule is CSCC[C@@H](NC(=O)c1cncc(Br)c1)C(=O)O. The van der Waals surface area contributed by atoms with Gasteiger partial charge in [0.1, 0.15) is 6.04 Å². The number of halogens is 1. The summed E-state index contributed by atoms with van der Waals surface area (Å²) in [5, 5.41) is 11.5. The fraction of sp³-hybridized carbons (Fsp3) is 0.364. The highest BCUT2D eigenvalue weighted by molar-refractivity contribution is 9.10. The number of amides is 1. The molecule has 1 atom stereocenters. The van der Waals surface area contributed by atoms with Crippen molar-refractivity contribution in [3.8, 4) is 0 Å². The molecule has 0 aliphatic carbocycles. The molecule has 1 rings (SSSR count). The second-order valence-electron chi connectivity index (χ2n) is 3.54. The van der Waals surface area contributed by atoms with Crippen LogP contribution >= 0.6 is 27.7 Å². The number of thioether (sulfide) groups is 1. The molecule has 1 amide bonds. The molecule has 0 saturated carbocycles. The summed E-state index contributed by atoms with van der Waals surface area (Å²) in [6.07, 6.45) is 5.23. The number of aromatic nitrogens is 1. The number of nitrogens with one attached hydrogen (secondary N) is 1. The molecule has 0 saturated heterocycles. The van der Waals surface area contributed by atoms with Crippen LogP contribution in [0.25, 0.3) is 0 Å². The van der Waals surface area contributed by atoms with Crippen molar-refractivity contribution in [3.05, 3.63) is 28.5 Å². The highest BCUT2D eigenvalue weighted by Crippen LogP contribution is 2.10. The van der Waals surface area contributed by atoms with Crippen molar-refractivity contribution in [1.29, 1.82) is 0 Å². The van der Waals surface area contributed by atoms with Crippen molar-refractivity contribution in [2.75, 3.05) is 12.0 Å². The Labute approximate surface area is 117 Å². The number of hydrogen-bond donors (Lipinski definition) is 2. The maximum absolute atomic E-state index is 11.8. The van der Waals surface area contributed by atoms with Crippen LogP contribution in [-0.4, -0.2) is 40.0 Å². The van der Waals surface area contributed by atoms with Crippen LogP contribution in [0.5, 0.6) is 0 Å². The summed E-state index contributed by atoms with van der Waals surface area (Å²) in [5.41, 5.74) is 0.333. The summed E-state index contributed by atoms with van der Waals surface area (Å²) < 4.78 is 0.672. The number of carbonyl (C=O) groups is 2. The van der Waals surface area contributed by atoms with E-state index in [2.05, 4.69) is 26.2 Å². The molecule has 0 unspecified atom stereocenters. The van der Waals surface area contributed by atoms with E-state index >= 15 is 0 Å². The van der Waals surface area contributed by atoms with Crippen molar-refractivity contribution < 1.29 is 14.7 Å². The maximum atomic E-state index is 11.8. The van der Waals surface area contributed by atoms with Crippen LogP contribution in [0.4, 0.5) is 0 Å². The molecule has 5 nitrogen and oxygen atoms in total. The third-order valence-electron chi connectivity index (χ3n) is 2.18. The minimum Gasteiger partial charge on any atom is -0.480 e. The van der Waals surface area contributed by atoms with Gasteiger partial charge in [-0.2, -0.15) is 11.8 Å². The third kappa shape index (κ3) is 4.66. The van der Waals surface area contributed by atoms with Gasteiger partial charge in [0.2, 0.25) is 0 Å². The molecule has 0 aliphatic heterocycles. The van der Waals surface area contributed by atoms with Crippen LogP contribution in [0, 0.1) is 0 Å². The first-order chi connectivity index (χ1) is 8.54. The van der Waals surface area contributed by atoms with Gasteiger partial charge in [-0.1, -0.05) is 0 Å². The zero-order valence-corrected chi connectivity index (χ0v) is 12.1. The Morgan fingerprint density at radius 2 is 2.28 bits per heavy atom. The number of carbonyl (C=O) groups excluding carboxylic acids is 1. The summed E-state index contributed by atoms with van der Waals surface area (Å²) in [4.78, 5) is 26.7. The van der Waals surface area contributed by atoms with Gasteiger partial charge in [-0.25, -0.2) is 4.79 Å². The number of carboxylic acids is 1. The van der Waals surface area contributed by atoms with Gasteiger partial charge in [-0.3, -0.25) is 9.78 Å². The Morgan fingerprint density at radius 3 is 2.83 bits per heavy atom. The Hall–Kier alpha value is -1.08. The highest BCUT2D eigenvalue weighted by atomic mass is 79.9. The lowest BCUT2D eigenvalue weighted by molar-refractivity contribution is -0.139. The molecular formula is C11H13BrN2O3S. The van der Waals surface area contributed by atoms with Crippen molar-refractivity contribution >= 4 is 39.6 Å². The molecule has 1 aromatic rings. The second-order valence-corrected chi connectivity index (χ2v) is 5.44. The zero-order chi connectivity index (χ0) is 13.5. The summed E-state index contributed by atoms with van der Waals surface area (Å²) in [6, 6.07) is 0.722. The van der Waals surface area contributed by atoms with Crippen LogP contribution < -0.4 is 5.32 Å². The van der Waals surface area contributed by atoms with Crippen LogP contribution in [0.15, 0.2) is 22.9 Å². The first kappa shape index (κ1) is 15.0. The lowest BCUT2D eigenvalue weighted by atomic mass is 10.2. The number of nitrogens with zero attached hydrogens (tertiary/aromatic N) is 1. The van der Waals surface area contributed by atoms with Gasteiger partial charge in [-0.15, -0.1) is 0 Å². The molecule has 0 fully saturated rings. The van der Waals surface area contributed by atoms with E-state index in [0.29, 0.717) is 22.2 Å². The molecule has 1 aromatic heterocycles. The van der Waals surface area contributed by atoms with Crippen LogP contribution in [0.1, 0.15) is 16.8 Å². The molecule has 1 heterocycles. The average Bonchev–Trinajstić information content (AvgIpc) is 2.33. The first-order valence-corrected chi connectivity index (χ1v) is 7.36. The molecule has 0 spiro atoms. The van der Waals surface area contributed by atoms with E-state index < -0.39 is 17.9 Å². The largest absolute Gasteiger partial charge is 0.480 e. The lowest BCUT2D eigenvalue weighted by Crippen LogP contribution is -2.41. The van der Waals surface area contributed by atoms with Crippen molar-refractivity contribution in [3.63, 3.8) is 0 Å². The average molecular weight is 333 g/mol. The van der Waals surface area contributed by atoms with Crippen molar-refractivity contribution in [2.45, 2.75) is 12.5 Å². The number of aliphatic carboxylic acids is 1. The predicted octanol–water partition coefficient (Wildman–Crippen LogP) is 1.78. The Balaban J connectivity index is 2.69. The van der Waals surface area contributed by atoms with Gasteiger partial charge >= 0.3 is 5.97 Å². The van der Waals surface area contributed by atoms with E-state index in [1.54, 1.807) is 12.3 Å². The van der Waals surface area contributed by atoms with E-state index in [9.17, 15) is 9.59 Å². The van der Waals surface area contributed by atoms with Crippen molar-refractivity contribution in [2.24, 2.45) is 0 Å². The Bertz CT molecular complexity index is 442. The number of hydrogen-bond acceptors (Lipinski definition) is 4. The molecule has 18 heavy (non-hydrogen) atoms. The number of pyridine rings is 1. The zero-order valence-electron chi connectivity index (χ0n) is 9.72. The topological polar surface area (TPSA) is 79.3 Å². The fourth-order valence-electron chi connectivity index (χ4n) is 1.27. The van der Waals surface area contributed by atoms with E-state index in [1.807, 2.05) is 6.26 Å². The minimum absolute atomic E-state index is 0.333. The second kappa shape index (κ2) is 7.38. The molecule has 2 N–H and O–H groups in total. The van der Waals surface area contributed by atoms with Gasteiger partial charge in [0.05, 0.1) is 5.56 Å². The van der Waals surface area contributed by atoms with Crippen LogP contribution in [0.2, 0.25) is 0 Å². The third-order valence-corrected chi connectivity index (χ3v) is 3.26. The van der Waals surface area contributed by atoms with Gasteiger partial charge in [0.15, 0.2) is 0 Å². The molecule has 0 radical (unpaired) electrons. The standard InChI is InChI=1S/C11H13BrN2O3S/c1-18-3-2-9(11(16)17)14-10(15)7-4-8(12)6-13-5-7/h4-6,9H,2-3H2,1H3,(H,14,15)(H,16,17)/t9-/m1/s1. The van der Waals surface area contributed by atoms with E-state index in [0.717, 1.165) is 0 Å². The molecule has 7 heteroatoms. The summed E-state index contributed by atoms with van der Waals surface area (Å²) >= 11 is 4.74. The normalized spacial score (nSPS) is 11.9. The Kier molecular flexibility index (Phi) is 6.14. The first-order valence-electron chi connectivity index (χ1n) is 5.17. The van der Waals surface area contributed by atoms with Gasteiger partial charge < -0.3 is 10.4 Å². The molecule has 0 bridgehead atoms. The minimum atomic E-state index is -1.03. The number of rotatable bonds is 6. The fourth-order valence-corrected chi connectivity index (χ4v) is 2.11. The summed E-state index contributed by atoms with van der Waals surface area (Å²) in [5.74, 6) is -0.786. The van der Waals surface area contributed by atoms with Gasteiger partial charge in [0, 0.05) is 16.9 Å². The number of carboxylic acid groups (broad SMARTS) is 1. The molecular weight excluding hydrogens is 320 g/mol. The Morgan fingerprint density at radius 1 is 1.56 bits per heavy atom. The van der Waals surface area contributed by atoms with Crippen LogP contribution in [0.3, 0.4) is 0 Å². The molecule has 98 valence electrons. The monoisotopic (exact) mass is 332 g/mol. The quantitative estimate of drug-likeness (QED) is 0.830. The summed E-state index contributed by atoms with van der Waals surface area (Å²) in [6.45, 7) is 0. The molecule has 0 aromatic carbocycles. The van der Waals surface area contributed by atoms with Gasteiger partial charge in [0.25, 0.3) is 5.91 Å².